The highest BCUT2D eigenvalue weighted by molar-refractivity contribution is 6.33. The number of halogens is 2. The number of rotatable bonds is 4. The standard InChI is InChI=1S/C17H20ClFN2O4/c1-10(25-16(23)13-8-7-11(19)9-14(13)18)15(22)21-17(24)20-12-5-3-2-4-6-12/h7-10,12H,2-6H2,1H3,(H2,20,21,22,24). The number of hydrogen-bond acceptors (Lipinski definition) is 4. The Bertz CT molecular complexity index is 662. The summed E-state index contributed by atoms with van der Waals surface area (Å²) in [5.74, 6) is -2.22. The predicted molar refractivity (Wildman–Crippen MR) is 89.8 cm³/mol. The van der Waals surface area contributed by atoms with Crippen molar-refractivity contribution < 1.29 is 23.5 Å². The third kappa shape index (κ3) is 5.70. The van der Waals surface area contributed by atoms with Crippen molar-refractivity contribution in [1.29, 1.82) is 0 Å². The number of benzene rings is 1. The van der Waals surface area contributed by atoms with E-state index < -0.39 is 29.8 Å². The number of urea groups is 1. The maximum Gasteiger partial charge on any atom is 0.340 e. The molecule has 0 aliphatic heterocycles. The van der Waals surface area contributed by atoms with Gasteiger partial charge >= 0.3 is 12.0 Å². The summed E-state index contributed by atoms with van der Waals surface area (Å²) in [6.45, 7) is 1.33. The van der Waals surface area contributed by atoms with Gasteiger partial charge in [-0.05, 0) is 38.0 Å². The molecule has 3 amide bonds. The van der Waals surface area contributed by atoms with Crippen LogP contribution in [-0.2, 0) is 9.53 Å². The number of carbonyl (C=O) groups excluding carboxylic acids is 3. The second-order valence-corrected chi connectivity index (χ2v) is 6.38. The predicted octanol–water partition coefficient (Wildman–Crippen LogP) is 3.18. The first-order valence-corrected chi connectivity index (χ1v) is 8.52. The first kappa shape index (κ1) is 19.2. The molecule has 2 N–H and O–H groups in total. The van der Waals surface area contributed by atoms with Crippen molar-refractivity contribution in [3.05, 3.63) is 34.6 Å². The molecule has 1 aromatic rings. The molecule has 0 heterocycles. The van der Waals surface area contributed by atoms with Gasteiger partial charge in [-0.3, -0.25) is 10.1 Å². The highest BCUT2D eigenvalue weighted by Gasteiger charge is 2.23. The Morgan fingerprint density at radius 2 is 1.92 bits per heavy atom. The normalized spacial score (nSPS) is 16.0. The quantitative estimate of drug-likeness (QED) is 0.797. The third-order valence-electron chi connectivity index (χ3n) is 3.98. The average molecular weight is 371 g/mol. The second-order valence-electron chi connectivity index (χ2n) is 5.97. The molecule has 136 valence electrons. The van der Waals surface area contributed by atoms with Crippen LogP contribution in [0.15, 0.2) is 18.2 Å². The zero-order valence-corrected chi connectivity index (χ0v) is 14.6. The van der Waals surface area contributed by atoms with Gasteiger partial charge in [0.2, 0.25) is 0 Å². The summed E-state index contributed by atoms with van der Waals surface area (Å²) < 4.78 is 18.0. The van der Waals surface area contributed by atoms with Crippen molar-refractivity contribution in [3.63, 3.8) is 0 Å². The zero-order valence-electron chi connectivity index (χ0n) is 13.8. The molecule has 1 aromatic carbocycles. The van der Waals surface area contributed by atoms with E-state index in [4.69, 9.17) is 16.3 Å². The SMILES string of the molecule is CC(OC(=O)c1ccc(F)cc1Cl)C(=O)NC(=O)NC1CCCCC1. The highest BCUT2D eigenvalue weighted by Crippen LogP contribution is 2.19. The molecule has 0 radical (unpaired) electrons. The number of ether oxygens (including phenoxy) is 1. The van der Waals surface area contributed by atoms with Gasteiger partial charge in [0, 0.05) is 6.04 Å². The Balaban J connectivity index is 1.84. The first-order chi connectivity index (χ1) is 11.9. The van der Waals surface area contributed by atoms with Crippen LogP contribution < -0.4 is 10.6 Å². The van der Waals surface area contributed by atoms with Crippen molar-refractivity contribution in [2.45, 2.75) is 51.2 Å². The van der Waals surface area contributed by atoms with E-state index in [2.05, 4.69) is 10.6 Å². The maximum absolute atomic E-state index is 13.0. The Hall–Kier alpha value is -2.15. The number of imide groups is 1. The number of amides is 3. The molecule has 1 fully saturated rings. The summed E-state index contributed by atoms with van der Waals surface area (Å²) in [7, 11) is 0. The van der Waals surface area contributed by atoms with Gasteiger partial charge in [0.25, 0.3) is 5.91 Å². The van der Waals surface area contributed by atoms with Crippen LogP contribution in [0.4, 0.5) is 9.18 Å². The van der Waals surface area contributed by atoms with Gasteiger partial charge in [0.05, 0.1) is 10.6 Å². The molecule has 1 saturated carbocycles. The topological polar surface area (TPSA) is 84.5 Å². The monoisotopic (exact) mass is 370 g/mol. The van der Waals surface area contributed by atoms with Crippen molar-refractivity contribution in [2.24, 2.45) is 0 Å². The average Bonchev–Trinajstić information content (AvgIpc) is 2.55. The lowest BCUT2D eigenvalue weighted by atomic mass is 9.96. The summed E-state index contributed by atoms with van der Waals surface area (Å²) in [6.07, 6.45) is 3.81. The largest absolute Gasteiger partial charge is 0.449 e. The minimum absolute atomic E-state index is 0.0532. The third-order valence-corrected chi connectivity index (χ3v) is 4.29. The lowest BCUT2D eigenvalue weighted by molar-refractivity contribution is -0.127. The fraction of sp³-hybridized carbons (Fsp3) is 0.471. The number of nitrogens with one attached hydrogen (secondary N) is 2. The van der Waals surface area contributed by atoms with Crippen LogP contribution >= 0.6 is 11.6 Å². The summed E-state index contributed by atoms with van der Waals surface area (Å²) in [6, 6.07) is 2.64. The Morgan fingerprint density at radius 1 is 1.24 bits per heavy atom. The van der Waals surface area contributed by atoms with Gasteiger partial charge in [-0.1, -0.05) is 30.9 Å². The van der Waals surface area contributed by atoms with Gasteiger partial charge in [-0.15, -0.1) is 0 Å². The van der Waals surface area contributed by atoms with E-state index in [-0.39, 0.29) is 16.6 Å². The molecule has 8 heteroatoms. The fourth-order valence-corrected chi connectivity index (χ4v) is 2.86. The van der Waals surface area contributed by atoms with Crippen LogP contribution in [0.25, 0.3) is 0 Å². The number of esters is 1. The van der Waals surface area contributed by atoms with Gasteiger partial charge in [-0.2, -0.15) is 0 Å². The van der Waals surface area contributed by atoms with Crippen LogP contribution in [0.3, 0.4) is 0 Å². The van der Waals surface area contributed by atoms with E-state index >= 15 is 0 Å². The summed E-state index contributed by atoms with van der Waals surface area (Å²) >= 11 is 5.77. The highest BCUT2D eigenvalue weighted by atomic mass is 35.5. The molecular weight excluding hydrogens is 351 g/mol. The molecule has 1 aliphatic carbocycles. The molecular formula is C17H20ClFN2O4. The smallest absolute Gasteiger partial charge is 0.340 e. The summed E-state index contributed by atoms with van der Waals surface area (Å²) in [5.41, 5.74) is -0.0608. The summed E-state index contributed by atoms with van der Waals surface area (Å²) in [5, 5.41) is 4.76. The molecule has 25 heavy (non-hydrogen) atoms. The molecule has 0 spiro atoms. The lowest BCUT2D eigenvalue weighted by Crippen LogP contribution is -2.48. The molecule has 6 nitrogen and oxygen atoms in total. The Kier molecular flexibility index (Phi) is 6.75. The van der Waals surface area contributed by atoms with E-state index in [0.29, 0.717) is 0 Å². The van der Waals surface area contributed by atoms with Gasteiger partial charge in [0.1, 0.15) is 5.82 Å². The van der Waals surface area contributed by atoms with Gasteiger partial charge in [0.15, 0.2) is 6.10 Å². The Morgan fingerprint density at radius 3 is 2.56 bits per heavy atom. The molecule has 1 unspecified atom stereocenters. The zero-order chi connectivity index (χ0) is 18.4. The molecule has 0 aromatic heterocycles. The molecule has 1 aliphatic rings. The summed E-state index contributed by atoms with van der Waals surface area (Å²) in [4.78, 5) is 35.8. The van der Waals surface area contributed by atoms with Crippen LogP contribution in [-0.4, -0.2) is 30.1 Å². The van der Waals surface area contributed by atoms with Crippen LogP contribution in [0, 0.1) is 5.82 Å². The van der Waals surface area contributed by atoms with Gasteiger partial charge < -0.3 is 10.1 Å². The molecule has 0 saturated heterocycles. The van der Waals surface area contributed by atoms with E-state index in [1.165, 1.54) is 13.0 Å². The van der Waals surface area contributed by atoms with Crippen molar-refractivity contribution in [1.82, 2.24) is 10.6 Å². The number of carbonyl (C=O) groups is 3. The number of hydrogen-bond donors (Lipinski definition) is 2. The van der Waals surface area contributed by atoms with E-state index in [9.17, 15) is 18.8 Å². The molecule has 2 rings (SSSR count). The second kappa shape index (κ2) is 8.80. The minimum Gasteiger partial charge on any atom is -0.449 e. The Labute approximate surface area is 150 Å². The first-order valence-electron chi connectivity index (χ1n) is 8.14. The van der Waals surface area contributed by atoms with Crippen molar-refractivity contribution >= 4 is 29.5 Å². The van der Waals surface area contributed by atoms with Crippen molar-refractivity contribution in [2.75, 3.05) is 0 Å². The van der Waals surface area contributed by atoms with Crippen molar-refractivity contribution in [3.8, 4) is 0 Å². The molecule has 0 bridgehead atoms. The minimum atomic E-state index is -1.20. The van der Waals surface area contributed by atoms with Gasteiger partial charge in [-0.25, -0.2) is 14.0 Å². The maximum atomic E-state index is 13.0. The van der Waals surface area contributed by atoms with Crippen LogP contribution in [0.2, 0.25) is 5.02 Å². The van der Waals surface area contributed by atoms with Crippen LogP contribution in [0.1, 0.15) is 49.4 Å². The molecule has 1 atom stereocenters. The van der Waals surface area contributed by atoms with E-state index in [1.54, 1.807) is 0 Å². The van der Waals surface area contributed by atoms with E-state index in [0.717, 1.165) is 44.2 Å². The van der Waals surface area contributed by atoms with E-state index in [1.807, 2.05) is 0 Å². The fourth-order valence-electron chi connectivity index (χ4n) is 2.61. The lowest BCUT2D eigenvalue weighted by Gasteiger charge is -2.23. The van der Waals surface area contributed by atoms with Crippen LogP contribution in [0.5, 0.6) is 0 Å².